The predicted octanol–water partition coefficient (Wildman–Crippen LogP) is 2.57. The van der Waals surface area contributed by atoms with Crippen LogP contribution in [0.25, 0.3) is 0 Å². The molecule has 1 aliphatic carbocycles. The van der Waals surface area contributed by atoms with Gasteiger partial charge in [0.15, 0.2) is 17.3 Å². The number of rotatable bonds is 2. The van der Waals surface area contributed by atoms with Crippen LogP contribution in [0, 0.1) is 6.92 Å². The van der Waals surface area contributed by atoms with Crippen molar-refractivity contribution in [2.75, 3.05) is 7.11 Å². The van der Waals surface area contributed by atoms with Gasteiger partial charge >= 0.3 is 0 Å². The number of hydrogen-bond acceptors (Lipinski definition) is 5. The maximum absolute atomic E-state index is 12.7. The third-order valence-electron chi connectivity index (χ3n) is 3.58. The van der Waals surface area contributed by atoms with Gasteiger partial charge in [-0.3, -0.25) is 14.4 Å². The molecule has 0 amide bonds. The van der Waals surface area contributed by atoms with Crippen molar-refractivity contribution in [3.8, 4) is 5.75 Å². The molecule has 5 heteroatoms. The Kier molecular flexibility index (Phi) is 2.79. The second-order valence-electron chi connectivity index (χ2n) is 4.83. The van der Waals surface area contributed by atoms with Gasteiger partial charge in [0.2, 0.25) is 5.78 Å². The summed E-state index contributed by atoms with van der Waals surface area (Å²) in [5, 5.41) is 0. The Balaban J connectivity index is 2.37. The summed E-state index contributed by atoms with van der Waals surface area (Å²) in [6, 6.07) is 4.80. The molecule has 1 aliphatic rings. The Hall–Kier alpha value is -2.69. The minimum atomic E-state index is -0.388. The minimum absolute atomic E-state index is 0.0608. The molecule has 0 spiro atoms. The summed E-state index contributed by atoms with van der Waals surface area (Å²) in [4.78, 5) is 37.0. The molecular formula is C16H12O5. The summed E-state index contributed by atoms with van der Waals surface area (Å²) in [5.74, 6) is -0.584. The van der Waals surface area contributed by atoms with Crippen LogP contribution in [0.4, 0.5) is 0 Å². The lowest BCUT2D eigenvalue weighted by Gasteiger charge is -2.17. The number of ether oxygens (including phenoxy) is 1. The SMILES string of the molecule is COc1cccc2c1C(=O)c1c(C)oc(C(C)=O)c1C2=O. The van der Waals surface area contributed by atoms with Crippen LogP contribution < -0.4 is 4.74 Å². The molecule has 1 heterocycles. The molecule has 0 atom stereocenters. The van der Waals surface area contributed by atoms with E-state index in [-0.39, 0.29) is 51.1 Å². The van der Waals surface area contributed by atoms with E-state index >= 15 is 0 Å². The van der Waals surface area contributed by atoms with Crippen LogP contribution in [-0.2, 0) is 0 Å². The average Bonchev–Trinajstić information content (AvgIpc) is 2.82. The third-order valence-corrected chi connectivity index (χ3v) is 3.58. The molecule has 1 aromatic heterocycles. The number of aryl methyl sites for hydroxylation is 1. The second-order valence-corrected chi connectivity index (χ2v) is 4.83. The molecule has 5 nitrogen and oxygen atoms in total. The molecule has 3 rings (SSSR count). The van der Waals surface area contributed by atoms with E-state index in [1.165, 1.54) is 14.0 Å². The Bertz CT molecular complexity index is 810. The summed E-state index contributed by atoms with van der Waals surface area (Å²) >= 11 is 0. The molecule has 0 N–H and O–H groups in total. The molecule has 106 valence electrons. The number of furan rings is 1. The Morgan fingerprint density at radius 3 is 2.43 bits per heavy atom. The highest BCUT2D eigenvalue weighted by atomic mass is 16.5. The fourth-order valence-corrected chi connectivity index (χ4v) is 2.67. The topological polar surface area (TPSA) is 73.6 Å². The van der Waals surface area contributed by atoms with Crippen molar-refractivity contribution in [1.82, 2.24) is 0 Å². The molecule has 0 unspecified atom stereocenters. The lowest BCUT2D eigenvalue weighted by atomic mass is 9.83. The molecule has 0 fully saturated rings. The lowest BCUT2D eigenvalue weighted by molar-refractivity contribution is 0.0959. The number of carbonyl (C=O) groups excluding carboxylic acids is 3. The van der Waals surface area contributed by atoms with Crippen LogP contribution in [0.15, 0.2) is 22.6 Å². The molecule has 0 saturated heterocycles. The van der Waals surface area contributed by atoms with Crippen molar-refractivity contribution < 1.29 is 23.5 Å². The normalized spacial score (nSPS) is 12.9. The largest absolute Gasteiger partial charge is 0.496 e. The molecular weight excluding hydrogens is 272 g/mol. The zero-order valence-corrected chi connectivity index (χ0v) is 11.8. The zero-order valence-electron chi connectivity index (χ0n) is 11.8. The first-order valence-electron chi connectivity index (χ1n) is 6.38. The molecule has 0 radical (unpaired) electrons. The van der Waals surface area contributed by atoms with E-state index in [1.54, 1.807) is 25.1 Å². The van der Waals surface area contributed by atoms with Crippen molar-refractivity contribution >= 4 is 17.3 Å². The fourth-order valence-electron chi connectivity index (χ4n) is 2.67. The van der Waals surface area contributed by atoms with E-state index in [0.717, 1.165) is 0 Å². The Labute approximate surface area is 120 Å². The van der Waals surface area contributed by atoms with E-state index in [0.29, 0.717) is 5.75 Å². The highest BCUT2D eigenvalue weighted by Crippen LogP contribution is 2.37. The Morgan fingerprint density at radius 2 is 1.81 bits per heavy atom. The van der Waals surface area contributed by atoms with Gasteiger partial charge in [-0.1, -0.05) is 12.1 Å². The van der Waals surface area contributed by atoms with Crippen LogP contribution in [0.5, 0.6) is 5.75 Å². The first-order valence-corrected chi connectivity index (χ1v) is 6.38. The fraction of sp³-hybridized carbons (Fsp3) is 0.188. The number of benzene rings is 1. The second kappa shape index (κ2) is 4.41. The predicted molar refractivity (Wildman–Crippen MR) is 73.3 cm³/mol. The number of methoxy groups -OCH3 is 1. The summed E-state index contributed by atoms with van der Waals surface area (Å²) in [6.07, 6.45) is 0. The monoisotopic (exact) mass is 284 g/mol. The number of carbonyl (C=O) groups is 3. The number of hydrogen-bond donors (Lipinski definition) is 0. The van der Waals surface area contributed by atoms with Crippen molar-refractivity contribution in [3.63, 3.8) is 0 Å². The van der Waals surface area contributed by atoms with E-state index < -0.39 is 0 Å². The van der Waals surface area contributed by atoms with Crippen LogP contribution in [0.2, 0.25) is 0 Å². The van der Waals surface area contributed by atoms with Gasteiger partial charge in [-0.25, -0.2) is 0 Å². The number of ketones is 3. The smallest absolute Gasteiger partial charge is 0.201 e. The van der Waals surface area contributed by atoms with Gasteiger partial charge in [-0.15, -0.1) is 0 Å². The zero-order chi connectivity index (χ0) is 15.3. The van der Waals surface area contributed by atoms with Gasteiger partial charge in [-0.05, 0) is 13.0 Å². The van der Waals surface area contributed by atoms with Gasteiger partial charge in [0.05, 0.1) is 23.8 Å². The van der Waals surface area contributed by atoms with E-state index in [9.17, 15) is 14.4 Å². The van der Waals surface area contributed by atoms with Crippen molar-refractivity contribution in [3.05, 3.63) is 52.0 Å². The minimum Gasteiger partial charge on any atom is -0.496 e. The molecule has 0 aliphatic heterocycles. The molecule has 0 bridgehead atoms. The van der Waals surface area contributed by atoms with E-state index in [2.05, 4.69) is 0 Å². The van der Waals surface area contributed by atoms with Crippen LogP contribution in [-0.4, -0.2) is 24.5 Å². The summed E-state index contributed by atoms with van der Waals surface area (Å²) in [6.45, 7) is 2.87. The molecule has 2 aromatic rings. The van der Waals surface area contributed by atoms with Crippen LogP contribution in [0.1, 0.15) is 55.1 Å². The van der Waals surface area contributed by atoms with Gasteiger partial charge in [0, 0.05) is 12.5 Å². The summed E-state index contributed by atoms with van der Waals surface area (Å²) in [7, 11) is 1.44. The van der Waals surface area contributed by atoms with E-state index in [1.807, 2.05) is 0 Å². The highest BCUT2D eigenvalue weighted by Gasteiger charge is 2.39. The average molecular weight is 284 g/mol. The van der Waals surface area contributed by atoms with Gasteiger partial charge in [0.25, 0.3) is 0 Å². The number of fused-ring (bicyclic) bond motifs is 2. The molecule has 21 heavy (non-hydrogen) atoms. The van der Waals surface area contributed by atoms with Crippen molar-refractivity contribution in [1.29, 1.82) is 0 Å². The summed E-state index contributed by atoms with van der Waals surface area (Å²) in [5.41, 5.74) is 0.666. The summed E-state index contributed by atoms with van der Waals surface area (Å²) < 4.78 is 10.5. The quantitative estimate of drug-likeness (QED) is 0.676. The van der Waals surface area contributed by atoms with Gasteiger partial charge in [0.1, 0.15) is 11.5 Å². The lowest BCUT2D eigenvalue weighted by Crippen LogP contribution is -2.22. The van der Waals surface area contributed by atoms with Crippen LogP contribution >= 0.6 is 0 Å². The standard InChI is InChI=1S/C16H12O5/c1-7(17)16-13-11(8(2)21-16)15(19)12-9(14(13)18)5-4-6-10(12)20-3/h4-6H,1-3H3. The van der Waals surface area contributed by atoms with Crippen LogP contribution in [0.3, 0.4) is 0 Å². The Morgan fingerprint density at radius 1 is 1.10 bits per heavy atom. The molecule has 0 saturated carbocycles. The van der Waals surface area contributed by atoms with Crippen molar-refractivity contribution in [2.24, 2.45) is 0 Å². The maximum atomic E-state index is 12.7. The first-order chi connectivity index (χ1) is 9.97. The highest BCUT2D eigenvalue weighted by molar-refractivity contribution is 6.31. The third kappa shape index (κ3) is 1.67. The molecule has 1 aromatic carbocycles. The van der Waals surface area contributed by atoms with E-state index in [4.69, 9.17) is 9.15 Å². The van der Waals surface area contributed by atoms with Crippen molar-refractivity contribution in [2.45, 2.75) is 13.8 Å². The number of Topliss-reactive ketones (excluding diaryl/α,β-unsaturated/α-hetero) is 1. The first kappa shape index (κ1) is 13.3. The van der Waals surface area contributed by atoms with Gasteiger partial charge < -0.3 is 9.15 Å². The van der Waals surface area contributed by atoms with Gasteiger partial charge in [-0.2, -0.15) is 0 Å². The maximum Gasteiger partial charge on any atom is 0.201 e.